The van der Waals surface area contributed by atoms with E-state index in [0.717, 1.165) is 5.56 Å². The third-order valence-corrected chi connectivity index (χ3v) is 2.67. The van der Waals surface area contributed by atoms with Gasteiger partial charge in [0.1, 0.15) is 12.1 Å². The van der Waals surface area contributed by atoms with Gasteiger partial charge in [-0.3, -0.25) is 10.1 Å². The fourth-order valence-corrected chi connectivity index (χ4v) is 1.79. The first kappa shape index (κ1) is 11.0. The minimum Gasteiger partial charge on any atom is -0.319 e. The van der Waals surface area contributed by atoms with Crippen LogP contribution in [0.1, 0.15) is 25.6 Å². The monoisotopic (exact) mass is 223 g/mol. The van der Waals surface area contributed by atoms with E-state index in [9.17, 15) is 10.1 Å². The number of nitro groups is 1. The summed E-state index contributed by atoms with van der Waals surface area (Å²) in [5.41, 5.74) is 1.16. The molecule has 1 aliphatic rings. The standard InChI is InChI=1S/C11H14N2O3/c1-11(2)7-16-10(12-11)8-3-5-9(6-4-8)13(14)15/h3-6,10,12H,7H2,1-2H3/p+1/t10-/m0/s1. The molecule has 1 aromatic rings. The minimum absolute atomic E-state index is 0.0456. The molecule has 0 spiro atoms. The second-order valence-corrected chi connectivity index (χ2v) is 4.74. The summed E-state index contributed by atoms with van der Waals surface area (Å²) >= 11 is 0. The van der Waals surface area contributed by atoms with Crippen LogP contribution >= 0.6 is 0 Å². The van der Waals surface area contributed by atoms with Gasteiger partial charge in [0.2, 0.25) is 6.23 Å². The van der Waals surface area contributed by atoms with Crippen LogP contribution in [0.15, 0.2) is 24.3 Å². The summed E-state index contributed by atoms with van der Waals surface area (Å²) in [4.78, 5) is 10.1. The van der Waals surface area contributed by atoms with Gasteiger partial charge < -0.3 is 10.1 Å². The molecule has 2 rings (SSSR count). The number of non-ortho nitro benzene ring substituents is 1. The second kappa shape index (κ2) is 3.84. The fraction of sp³-hybridized carbons (Fsp3) is 0.455. The molecule has 86 valence electrons. The van der Waals surface area contributed by atoms with Gasteiger partial charge in [-0.25, -0.2) is 0 Å². The minimum atomic E-state index is -0.396. The lowest BCUT2D eigenvalue weighted by atomic mass is 10.1. The average Bonchev–Trinajstić information content (AvgIpc) is 2.59. The maximum Gasteiger partial charge on any atom is 0.269 e. The summed E-state index contributed by atoms with van der Waals surface area (Å²) in [6.07, 6.45) is -0.0456. The maximum atomic E-state index is 10.5. The van der Waals surface area contributed by atoms with E-state index in [0.29, 0.717) is 6.61 Å². The van der Waals surface area contributed by atoms with Gasteiger partial charge in [-0.15, -0.1) is 0 Å². The Labute approximate surface area is 93.6 Å². The summed E-state index contributed by atoms with van der Waals surface area (Å²) in [6.45, 7) is 4.91. The quantitative estimate of drug-likeness (QED) is 0.600. The molecular formula is C11H15N2O3+. The lowest BCUT2D eigenvalue weighted by Gasteiger charge is -2.13. The van der Waals surface area contributed by atoms with E-state index in [1.807, 2.05) is 0 Å². The average molecular weight is 223 g/mol. The highest BCUT2D eigenvalue weighted by Gasteiger charge is 2.36. The Kier molecular flexibility index (Phi) is 2.65. The molecule has 1 saturated heterocycles. The lowest BCUT2D eigenvalue weighted by molar-refractivity contribution is -0.750. The third kappa shape index (κ3) is 2.20. The molecule has 1 aromatic carbocycles. The van der Waals surface area contributed by atoms with E-state index in [-0.39, 0.29) is 17.5 Å². The predicted molar refractivity (Wildman–Crippen MR) is 57.8 cm³/mol. The summed E-state index contributed by atoms with van der Waals surface area (Å²) in [5.74, 6) is 0. The summed E-state index contributed by atoms with van der Waals surface area (Å²) in [6, 6.07) is 6.52. The van der Waals surface area contributed by atoms with Crippen LogP contribution in [0, 0.1) is 10.1 Å². The van der Waals surface area contributed by atoms with Crippen molar-refractivity contribution in [3.05, 3.63) is 39.9 Å². The molecule has 16 heavy (non-hydrogen) atoms. The van der Waals surface area contributed by atoms with E-state index < -0.39 is 4.92 Å². The van der Waals surface area contributed by atoms with Crippen molar-refractivity contribution in [3.8, 4) is 0 Å². The van der Waals surface area contributed by atoms with Crippen molar-refractivity contribution in [1.29, 1.82) is 0 Å². The number of hydrogen-bond acceptors (Lipinski definition) is 3. The molecule has 5 heteroatoms. The molecule has 0 saturated carbocycles. The van der Waals surface area contributed by atoms with Crippen LogP contribution in [0.3, 0.4) is 0 Å². The highest BCUT2D eigenvalue weighted by molar-refractivity contribution is 5.33. The Balaban J connectivity index is 2.14. The van der Waals surface area contributed by atoms with Crippen molar-refractivity contribution < 1.29 is 15.0 Å². The van der Waals surface area contributed by atoms with E-state index in [1.54, 1.807) is 12.1 Å². The smallest absolute Gasteiger partial charge is 0.269 e. The number of nitrogens with two attached hydrogens (primary N) is 1. The zero-order valence-electron chi connectivity index (χ0n) is 9.34. The Morgan fingerprint density at radius 1 is 1.44 bits per heavy atom. The SMILES string of the molecule is CC1(C)CO[C@@H](c2ccc([N+](=O)[O-])cc2)[NH2+]1. The Bertz CT molecular complexity index is 400. The van der Waals surface area contributed by atoms with Gasteiger partial charge in [0.15, 0.2) is 0 Å². The van der Waals surface area contributed by atoms with Crippen LogP contribution in [0.2, 0.25) is 0 Å². The summed E-state index contributed by atoms with van der Waals surface area (Å²) in [5, 5.41) is 12.6. The molecule has 0 aliphatic carbocycles. The van der Waals surface area contributed by atoms with Crippen molar-refractivity contribution in [3.63, 3.8) is 0 Å². The highest BCUT2D eigenvalue weighted by atomic mass is 16.6. The Morgan fingerprint density at radius 3 is 2.50 bits per heavy atom. The van der Waals surface area contributed by atoms with Gasteiger partial charge in [-0.05, 0) is 26.0 Å². The zero-order chi connectivity index (χ0) is 11.8. The molecule has 0 amide bonds. The van der Waals surface area contributed by atoms with E-state index >= 15 is 0 Å². The summed E-state index contributed by atoms with van der Waals surface area (Å²) < 4.78 is 5.63. The molecule has 1 fully saturated rings. The first-order valence-electron chi connectivity index (χ1n) is 5.20. The molecule has 0 radical (unpaired) electrons. The number of quaternary nitrogens is 1. The van der Waals surface area contributed by atoms with Gasteiger partial charge >= 0.3 is 0 Å². The van der Waals surface area contributed by atoms with Crippen molar-refractivity contribution >= 4 is 5.69 Å². The third-order valence-electron chi connectivity index (χ3n) is 2.67. The number of rotatable bonds is 2. The second-order valence-electron chi connectivity index (χ2n) is 4.74. The fourth-order valence-electron chi connectivity index (χ4n) is 1.79. The number of ether oxygens (including phenoxy) is 1. The topological polar surface area (TPSA) is 69.0 Å². The van der Waals surface area contributed by atoms with Crippen LogP contribution in [0.25, 0.3) is 0 Å². The van der Waals surface area contributed by atoms with Crippen LogP contribution in [0.4, 0.5) is 5.69 Å². The van der Waals surface area contributed by atoms with E-state index in [2.05, 4.69) is 19.2 Å². The molecule has 0 bridgehead atoms. The number of nitro benzene ring substituents is 1. The van der Waals surface area contributed by atoms with Gasteiger partial charge in [-0.2, -0.15) is 0 Å². The number of benzene rings is 1. The van der Waals surface area contributed by atoms with Gasteiger partial charge in [0.25, 0.3) is 5.69 Å². The molecule has 1 atom stereocenters. The van der Waals surface area contributed by atoms with Crippen LogP contribution < -0.4 is 5.32 Å². The van der Waals surface area contributed by atoms with Crippen molar-refractivity contribution in [1.82, 2.24) is 0 Å². The van der Waals surface area contributed by atoms with Crippen molar-refractivity contribution in [2.24, 2.45) is 0 Å². The first-order chi connectivity index (χ1) is 7.48. The van der Waals surface area contributed by atoms with Crippen LogP contribution in [0.5, 0.6) is 0 Å². The number of hydrogen-bond donors (Lipinski definition) is 1. The molecule has 1 heterocycles. The highest BCUT2D eigenvalue weighted by Crippen LogP contribution is 2.20. The predicted octanol–water partition coefficient (Wildman–Crippen LogP) is 0.966. The van der Waals surface area contributed by atoms with Gasteiger partial charge in [0.05, 0.1) is 4.92 Å². The van der Waals surface area contributed by atoms with Gasteiger partial charge in [-0.1, -0.05) is 0 Å². The molecular weight excluding hydrogens is 208 g/mol. The van der Waals surface area contributed by atoms with Crippen LogP contribution in [-0.2, 0) is 4.74 Å². The molecule has 5 nitrogen and oxygen atoms in total. The Morgan fingerprint density at radius 2 is 2.06 bits per heavy atom. The molecule has 1 aliphatic heterocycles. The Hall–Kier alpha value is -1.46. The first-order valence-corrected chi connectivity index (χ1v) is 5.20. The van der Waals surface area contributed by atoms with E-state index in [4.69, 9.17) is 4.74 Å². The van der Waals surface area contributed by atoms with Crippen LogP contribution in [-0.4, -0.2) is 17.1 Å². The molecule has 0 aromatic heterocycles. The number of nitrogens with zero attached hydrogens (tertiary/aromatic N) is 1. The normalized spacial score (nSPS) is 23.2. The van der Waals surface area contributed by atoms with Crippen molar-refractivity contribution in [2.45, 2.75) is 25.6 Å². The molecule has 0 unspecified atom stereocenters. The van der Waals surface area contributed by atoms with E-state index in [1.165, 1.54) is 12.1 Å². The van der Waals surface area contributed by atoms with Gasteiger partial charge in [0, 0.05) is 17.7 Å². The summed E-state index contributed by atoms with van der Waals surface area (Å²) in [7, 11) is 0. The zero-order valence-corrected chi connectivity index (χ0v) is 9.34. The molecule has 2 N–H and O–H groups in total. The lowest BCUT2D eigenvalue weighted by Crippen LogP contribution is -2.93. The van der Waals surface area contributed by atoms with Crippen molar-refractivity contribution in [2.75, 3.05) is 6.61 Å². The largest absolute Gasteiger partial charge is 0.319 e. The maximum absolute atomic E-state index is 10.5.